The lowest BCUT2D eigenvalue weighted by Crippen LogP contribution is -2.21. The number of fused-ring (bicyclic) bond motifs is 1. The van der Waals surface area contributed by atoms with Gasteiger partial charge < -0.3 is 19.2 Å². The van der Waals surface area contributed by atoms with Crippen molar-refractivity contribution in [3.63, 3.8) is 0 Å². The molecule has 0 atom stereocenters. The minimum absolute atomic E-state index is 0.0582. The van der Waals surface area contributed by atoms with Crippen LogP contribution < -0.4 is 20.2 Å². The molecule has 0 fully saturated rings. The number of alkyl halides is 3. The maximum absolute atomic E-state index is 13.8. The second-order valence-corrected chi connectivity index (χ2v) is 8.75. The van der Waals surface area contributed by atoms with Gasteiger partial charge in [-0.25, -0.2) is 0 Å². The highest BCUT2D eigenvalue weighted by Gasteiger charge is 2.40. The average molecular weight is 511 g/mol. The lowest BCUT2D eigenvalue weighted by Gasteiger charge is -2.14. The van der Waals surface area contributed by atoms with Gasteiger partial charge in [0.25, 0.3) is 11.7 Å². The van der Waals surface area contributed by atoms with E-state index in [-0.39, 0.29) is 22.5 Å². The molecule has 0 aliphatic heterocycles. The highest BCUT2D eigenvalue weighted by atomic mass is 19.4. The smallest absolute Gasteiger partial charge is 0.453 e. The molecule has 0 bridgehead atoms. The van der Waals surface area contributed by atoms with Gasteiger partial charge in [0.2, 0.25) is 11.2 Å². The van der Waals surface area contributed by atoms with Crippen LogP contribution in [0, 0.1) is 27.7 Å². The van der Waals surface area contributed by atoms with Crippen LogP contribution in [0.2, 0.25) is 0 Å². The number of hydrogen-bond acceptors (Lipinski definition) is 5. The summed E-state index contributed by atoms with van der Waals surface area (Å²) in [5.41, 5.74) is 2.73. The van der Waals surface area contributed by atoms with E-state index >= 15 is 0 Å². The van der Waals surface area contributed by atoms with Gasteiger partial charge in [-0.1, -0.05) is 18.2 Å². The number of anilines is 1. The van der Waals surface area contributed by atoms with Crippen LogP contribution in [-0.2, 0) is 11.0 Å². The first-order valence-corrected chi connectivity index (χ1v) is 11.4. The molecule has 1 amide bonds. The fourth-order valence-corrected chi connectivity index (χ4v) is 3.86. The molecule has 0 saturated heterocycles. The van der Waals surface area contributed by atoms with E-state index in [2.05, 4.69) is 5.32 Å². The molecule has 1 aromatic heterocycles. The molecule has 3 aromatic carbocycles. The van der Waals surface area contributed by atoms with Crippen molar-refractivity contribution in [2.45, 2.75) is 33.9 Å². The van der Waals surface area contributed by atoms with Gasteiger partial charge in [0.15, 0.2) is 6.61 Å². The number of rotatable bonds is 6. The Morgan fingerprint density at radius 1 is 0.946 bits per heavy atom. The largest absolute Gasteiger partial charge is 0.484 e. The predicted octanol–water partition coefficient (Wildman–Crippen LogP) is 6.86. The van der Waals surface area contributed by atoms with Crippen molar-refractivity contribution in [1.82, 2.24) is 0 Å². The molecule has 4 rings (SSSR count). The summed E-state index contributed by atoms with van der Waals surface area (Å²) in [6.07, 6.45) is -5.00. The van der Waals surface area contributed by atoms with E-state index in [1.165, 1.54) is 24.3 Å². The normalized spacial score (nSPS) is 11.4. The van der Waals surface area contributed by atoms with E-state index in [1.54, 1.807) is 26.0 Å². The van der Waals surface area contributed by atoms with E-state index < -0.39 is 35.6 Å². The molecule has 6 nitrogen and oxygen atoms in total. The van der Waals surface area contributed by atoms with E-state index in [0.29, 0.717) is 5.69 Å². The Kier molecular flexibility index (Phi) is 6.98. The number of aryl methyl sites for hydroxylation is 3. The third-order valence-electron chi connectivity index (χ3n) is 5.74. The molecular formula is C28H24F3NO5. The van der Waals surface area contributed by atoms with Crippen molar-refractivity contribution in [1.29, 1.82) is 0 Å². The zero-order valence-electron chi connectivity index (χ0n) is 20.6. The van der Waals surface area contributed by atoms with Crippen molar-refractivity contribution in [2.75, 3.05) is 11.9 Å². The van der Waals surface area contributed by atoms with Gasteiger partial charge >= 0.3 is 6.18 Å². The molecule has 192 valence electrons. The molecule has 0 saturated carbocycles. The van der Waals surface area contributed by atoms with Gasteiger partial charge in [-0.3, -0.25) is 9.59 Å². The minimum atomic E-state index is -5.00. The van der Waals surface area contributed by atoms with Crippen LogP contribution >= 0.6 is 0 Å². The number of amides is 1. The summed E-state index contributed by atoms with van der Waals surface area (Å²) in [6.45, 7) is 6.91. The zero-order valence-corrected chi connectivity index (χ0v) is 20.6. The summed E-state index contributed by atoms with van der Waals surface area (Å²) in [7, 11) is 0. The molecule has 0 unspecified atom stereocenters. The number of halogens is 3. The van der Waals surface area contributed by atoms with Crippen LogP contribution in [0.25, 0.3) is 11.0 Å². The number of carbonyl (C=O) groups excluding carboxylic acids is 1. The summed E-state index contributed by atoms with van der Waals surface area (Å²) in [5.74, 6) is -2.82. The van der Waals surface area contributed by atoms with Crippen LogP contribution in [0.5, 0.6) is 17.2 Å². The van der Waals surface area contributed by atoms with Crippen LogP contribution in [0.4, 0.5) is 18.9 Å². The summed E-state index contributed by atoms with van der Waals surface area (Å²) in [5, 5.41) is 2.61. The van der Waals surface area contributed by atoms with Gasteiger partial charge in [0, 0.05) is 11.8 Å². The number of carbonyl (C=O) groups is 1. The van der Waals surface area contributed by atoms with Gasteiger partial charge in [0.05, 0.1) is 5.39 Å². The topological polar surface area (TPSA) is 77.8 Å². The third kappa shape index (κ3) is 5.77. The Labute approximate surface area is 210 Å². The molecule has 1 heterocycles. The fraction of sp³-hybridized carbons (Fsp3) is 0.214. The van der Waals surface area contributed by atoms with E-state index in [0.717, 1.165) is 28.3 Å². The molecule has 0 radical (unpaired) electrons. The second kappa shape index (κ2) is 10.0. The maximum atomic E-state index is 13.8. The highest BCUT2D eigenvalue weighted by Crippen LogP contribution is 2.39. The number of benzene rings is 3. The predicted molar refractivity (Wildman–Crippen MR) is 134 cm³/mol. The number of nitrogens with one attached hydrogen (secondary N) is 1. The molecule has 9 heteroatoms. The highest BCUT2D eigenvalue weighted by molar-refractivity contribution is 5.92. The maximum Gasteiger partial charge on any atom is 0.453 e. The third-order valence-corrected chi connectivity index (χ3v) is 5.74. The Morgan fingerprint density at radius 3 is 2.32 bits per heavy atom. The lowest BCUT2D eigenvalue weighted by molar-refractivity contribution is -0.154. The van der Waals surface area contributed by atoms with Crippen LogP contribution in [0.15, 0.2) is 63.8 Å². The number of hydrogen-bond donors (Lipinski definition) is 1. The molecule has 1 N–H and O–H groups in total. The zero-order chi connectivity index (χ0) is 26.9. The van der Waals surface area contributed by atoms with Crippen molar-refractivity contribution < 1.29 is 31.9 Å². The molecule has 4 aromatic rings. The molecule has 0 spiro atoms. The standard InChI is InChI=1S/C28H24F3NO5/c1-15-10-16(2)12-20(11-15)36-26-25(34)21-9-8-19(13-23(21)37-27(26)28(29,30)31)35-14-24(33)32-22-7-5-6-17(3)18(22)4/h5-13H,14H2,1-4H3,(H,32,33). The first-order valence-electron chi connectivity index (χ1n) is 11.4. The van der Waals surface area contributed by atoms with Crippen molar-refractivity contribution in [2.24, 2.45) is 0 Å². The van der Waals surface area contributed by atoms with Crippen molar-refractivity contribution >= 4 is 22.6 Å². The quantitative estimate of drug-likeness (QED) is 0.306. The summed E-state index contributed by atoms with van der Waals surface area (Å²) in [4.78, 5) is 25.4. The van der Waals surface area contributed by atoms with E-state index in [1.807, 2.05) is 26.0 Å². The Morgan fingerprint density at radius 2 is 1.65 bits per heavy atom. The number of ether oxygens (including phenoxy) is 2. The molecular weight excluding hydrogens is 487 g/mol. The van der Waals surface area contributed by atoms with Crippen LogP contribution in [-0.4, -0.2) is 12.5 Å². The Hall–Kier alpha value is -4.27. The van der Waals surface area contributed by atoms with Crippen LogP contribution in [0.1, 0.15) is 28.0 Å². The fourth-order valence-electron chi connectivity index (χ4n) is 3.86. The average Bonchev–Trinajstić information content (AvgIpc) is 2.81. The Balaban J connectivity index is 1.62. The minimum Gasteiger partial charge on any atom is -0.484 e. The summed E-state index contributed by atoms with van der Waals surface area (Å²) >= 11 is 0. The molecule has 37 heavy (non-hydrogen) atoms. The van der Waals surface area contributed by atoms with Crippen LogP contribution in [0.3, 0.4) is 0 Å². The van der Waals surface area contributed by atoms with Gasteiger partial charge in [-0.2, -0.15) is 13.2 Å². The second-order valence-electron chi connectivity index (χ2n) is 8.75. The summed E-state index contributed by atoms with van der Waals surface area (Å²) in [6, 6.07) is 14.1. The molecule has 0 aliphatic carbocycles. The van der Waals surface area contributed by atoms with Gasteiger partial charge in [-0.05, 0) is 80.3 Å². The summed E-state index contributed by atoms with van der Waals surface area (Å²) < 4.78 is 57.5. The molecule has 0 aliphatic rings. The van der Waals surface area contributed by atoms with Crippen molar-refractivity contribution in [3.05, 3.63) is 92.8 Å². The first-order chi connectivity index (χ1) is 17.4. The monoisotopic (exact) mass is 511 g/mol. The van der Waals surface area contributed by atoms with Gasteiger partial charge in [-0.15, -0.1) is 0 Å². The van der Waals surface area contributed by atoms with Gasteiger partial charge in [0.1, 0.15) is 17.1 Å². The van der Waals surface area contributed by atoms with Crippen molar-refractivity contribution in [3.8, 4) is 17.2 Å². The van der Waals surface area contributed by atoms with E-state index in [9.17, 15) is 22.8 Å². The lowest BCUT2D eigenvalue weighted by atomic mass is 10.1. The Bertz CT molecular complexity index is 1540. The van der Waals surface area contributed by atoms with E-state index in [4.69, 9.17) is 13.9 Å². The SMILES string of the molecule is Cc1cc(C)cc(Oc2c(C(F)(F)F)oc3cc(OCC(=O)Nc4cccc(C)c4C)ccc3c2=O)c1. The first kappa shape index (κ1) is 25.8.